The van der Waals surface area contributed by atoms with E-state index in [2.05, 4.69) is 20.0 Å². The summed E-state index contributed by atoms with van der Waals surface area (Å²) in [5.41, 5.74) is 0.183. The number of carbonyl (C=O) groups is 1. The van der Waals surface area contributed by atoms with Crippen molar-refractivity contribution in [2.45, 2.75) is 4.90 Å². The van der Waals surface area contributed by atoms with Gasteiger partial charge in [0.2, 0.25) is 0 Å². The number of para-hydroxylation sites is 1. The highest BCUT2D eigenvalue weighted by Gasteiger charge is 2.20. The van der Waals surface area contributed by atoms with E-state index in [0.29, 0.717) is 11.0 Å². The number of halogens is 2. The van der Waals surface area contributed by atoms with Gasteiger partial charge in [0.15, 0.2) is 0 Å². The molecule has 0 aliphatic heterocycles. The topological polar surface area (TPSA) is 124 Å². The number of imidazole rings is 1. The lowest BCUT2D eigenvalue weighted by atomic mass is 10.1. The Labute approximate surface area is 180 Å². The van der Waals surface area contributed by atoms with Crippen molar-refractivity contribution in [3.05, 3.63) is 87.6 Å². The van der Waals surface area contributed by atoms with E-state index < -0.39 is 27.4 Å². The van der Waals surface area contributed by atoms with Crippen LogP contribution < -0.4 is 15.7 Å². The quantitative estimate of drug-likeness (QED) is 0.362. The summed E-state index contributed by atoms with van der Waals surface area (Å²) in [4.78, 5) is 29.0. The minimum Gasteiger partial charge on any atom is -0.319 e. The van der Waals surface area contributed by atoms with Gasteiger partial charge in [0.05, 0.1) is 32.9 Å². The lowest BCUT2D eigenvalue weighted by Crippen LogP contribution is -2.19. The number of rotatable bonds is 5. The maximum Gasteiger partial charge on any atom is 0.323 e. The van der Waals surface area contributed by atoms with Crippen LogP contribution in [-0.2, 0) is 10.0 Å². The number of carbonyl (C=O) groups excluding carboxylic acids is 1. The smallest absolute Gasteiger partial charge is 0.319 e. The molecule has 4 N–H and O–H groups in total. The molecule has 4 aromatic rings. The molecule has 1 amide bonds. The van der Waals surface area contributed by atoms with Crippen molar-refractivity contribution in [1.29, 1.82) is 0 Å². The molecular weight excluding hydrogens is 447 g/mol. The average Bonchev–Trinajstić information content (AvgIpc) is 3.09. The Kier molecular flexibility index (Phi) is 5.25. The third-order valence-electron chi connectivity index (χ3n) is 4.39. The molecule has 0 atom stereocenters. The largest absolute Gasteiger partial charge is 0.323 e. The van der Waals surface area contributed by atoms with Crippen LogP contribution in [0.2, 0.25) is 5.02 Å². The normalized spacial score (nSPS) is 11.4. The molecule has 31 heavy (non-hydrogen) atoms. The Morgan fingerprint density at radius 1 is 0.935 bits per heavy atom. The van der Waals surface area contributed by atoms with Gasteiger partial charge in [-0.25, -0.2) is 17.6 Å². The summed E-state index contributed by atoms with van der Waals surface area (Å²) in [5.74, 6) is -1.45. The Bertz CT molecular complexity index is 1480. The number of sulfonamides is 1. The van der Waals surface area contributed by atoms with E-state index in [4.69, 9.17) is 11.6 Å². The van der Waals surface area contributed by atoms with E-state index >= 15 is 0 Å². The Hall–Kier alpha value is -3.63. The van der Waals surface area contributed by atoms with E-state index in [1.165, 1.54) is 42.5 Å². The second kappa shape index (κ2) is 7.89. The minimum absolute atomic E-state index is 0.00275. The van der Waals surface area contributed by atoms with E-state index in [9.17, 15) is 22.4 Å². The SMILES string of the molecule is O=C(Nc1ccc(Cl)cc1F)c1ccccc1NS(=O)(=O)c1ccc2[nH]c(=O)[nH]c2c1. The molecule has 158 valence electrons. The lowest BCUT2D eigenvalue weighted by molar-refractivity contribution is 0.102. The number of amides is 1. The molecule has 0 spiro atoms. The first-order valence-electron chi connectivity index (χ1n) is 8.83. The predicted octanol–water partition coefficient (Wildman–Crippen LogP) is 3.70. The molecule has 0 fully saturated rings. The van der Waals surface area contributed by atoms with E-state index in [0.717, 1.165) is 6.07 Å². The van der Waals surface area contributed by atoms with Gasteiger partial charge in [0.25, 0.3) is 15.9 Å². The molecular formula is C20H14ClFN4O4S. The zero-order chi connectivity index (χ0) is 22.2. The summed E-state index contributed by atoms with van der Waals surface area (Å²) >= 11 is 5.71. The van der Waals surface area contributed by atoms with Crippen LogP contribution in [0, 0.1) is 5.82 Å². The second-order valence-corrected chi connectivity index (χ2v) is 8.63. The van der Waals surface area contributed by atoms with Crippen LogP contribution in [0.1, 0.15) is 10.4 Å². The molecule has 0 saturated heterocycles. The van der Waals surface area contributed by atoms with Crippen LogP contribution in [0.3, 0.4) is 0 Å². The number of H-pyrrole nitrogens is 2. The van der Waals surface area contributed by atoms with Crippen molar-refractivity contribution in [3.8, 4) is 0 Å². The van der Waals surface area contributed by atoms with Gasteiger partial charge in [-0.05, 0) is 48.5 Å². The highest BCUT2D eigenvalue weighted by molar-refractivity contribution is 7.92. The van der Waals surface area contributed by atoms with Gasteiger partial charge >= 0.3 is 5.69 Å². The highest BCUT2D eigenvalue weighted by atomic mass is 35.5. The zero-order valence-corrected chi connectivity index (χ0v) is 17.1. The van der Waals surface area contributed by atoms with Crippen LogP contribution in [0.4, 0.5) is 15.8 Å². The molecule has 1 heterocycles. The first kappa shape index (κ1) is 20.6. The van der Waals surface area contributed by atoms with Gasteiger partial charge in [-0.15, -0.1) is 0 Å². The summed E-state index contributed by atoms with van der Waals surface area (Å²) in [7, 11) is -4.10. The maximum atomic E-state index is 14.0. The van der Waals surface area contributed by atoms with Crippen LogP contribution >= 0.6 is 11.6 Å². The van der Waals surface area contributed by atoms with Gasteiger partial charge in [-0.2, -0.15) is 0 Å². The van der Waals surface area contributed by atoms with Crippen molar-refractivity contribution in [1.82, 2.24) is 9.97 Å². The highest BCUT2D eigenvalue weighted by Crippen LogP contribution is 2.24. The number of hydrogen-bond donors (Lipinski definition) is 4. The number of aromatic nitrogens is 2. The van der Waals surface area contributed by atoms with E-state index in [-0.39, 0.29) is 26.9 Å². The number of hydrogen-bond acceptors (Lipinski definition) is 4. The molecule has 0 bridgehead atoms. The molecule has 0 unspecified atom stereocenters. The fourth-order valence-electron chi connectivity index (χ4n) is 2.93. The van der Waals surface area contributed by atoms with Crippen LogP contribution in [0.5, 0.6) is 0 Å². The van der Waals surface area contributed by atoms with E-state index in [1.54, 1.807) is 12.1 Å². The Morgan fingerprint density at radius 2 is 1.68 bits per heavy atom. The monoisotopic (exact) mass is 460 g/mol. The number of anilines is 2. The third-order valence-corrected chi connectivity index (χ3v) is 5.99. The average molecular weight is 461 g/mol. The molecule has 11 heteroatoms. The van der Waals surface area contributed by atoms with Crippen molar-refractivity contribution >= 4 is 49.9 Å². The van der Waals surface area contributed by atoms with Crippen molar-refractivity contribution in [2.24, 2.45) is 0 Å². The standard InChI is InChI=1S/C20H14ClFN4O4S/c21-11-5-7-16(14(22)9-11)23-19(27)13-3-1-2-4-15(13)26-31(29,30)12-6-8-17-18(10-12)25-20(28)24-17/h1-10,26H,(H,23,27)(H2,24,25,28). The van der Waals surface area contributed by atoms with Gasteiger partial charge in [0.1, 0.15) is 5.82 Å². The molecule has 1 aromatic heterocycles. The van der Waals surface area contributed by atoms with Crippen molar-refractivity contribution in [3.63, 3.8) is 0 Å². The molecule has 0 radical (unpaired) electrons. The first-order chi connectivity index (χ1) is 14.7. The van der Waals surface area contributed by atoms with Crippen molar-refractivity contribution < 1.29 is 17.6 Å². The summed E-state index contributed by atoms with van der Waals surface area (Å²) in [5, 5.41) is 2.57. The second-order valence-electron chi connectivity index (χ2n) is 6.52. The van der Waals surface area contributed by atoms with Gasteiger partial charge in [-0.3, -0.25) is 9.52 Å². The van der Waals surface area contributed by atoms with Crippen LogP contribution in [-0.4, -0.2) is 24.3 Å². The molecule has 0 saturated carbocycles. The third kappa shape index (κ3) is 4.30. The number of nitrogens with one attached hydrogen (secondary N) is 4. The zero-order valence-electron chi connectivity index (χ0n) is 15.6. The summed E-state index contributed by atoms with van der Waals surface area (Å²) in [6.45, 7) is 0. The summed E-state index contributed by atoms with van der Waals surface area (Å²) in [6, 6.07) is 13.7. The molecule has 0 aliphatic rings. The molecule has 3 aromatic carbocycles. The maximum absolute atomic E-state index is 14.0. The minimum atomic E-state index is -4.10. The molecule has 0 aliphatic carbocycles. The summed E-state index contributed by atoms with van der Waals surface area (Å²) < 4.78 is 42.1. The first-order valence-corrected chi connectivity index (χ1v) is 10.7. The number of fused-ring (bicyclic) bond motifs is 1. The molecule has 4 rings (SSSR count). The van der Waals surface area contributed by atoms with Crippen molar-refractivity contribution in [2.75, 3.05) is 10.0 Å². The Balaban J connectivity index is 1.64. The summed E-state index contributed by atoms with van der Waals surface area (Å²) in [6.07, 6.45) is 0. The fourth-order valence-corrected chi connectivity index (χ4v) is 4.20. The number of benzene rings is 3. The van der Waals surface area contributed by atoms with Gasteiger partial charge in [-0.1, -0.05) is 23.7 Å². The predicted molar refractivity (Wildman–Crippen MR) is 116 cm³/mol. The van der Waals surface area contributed by atoms with Crippen LogP contribution in [0.15, 0.2) is 70.4 Å². The van der Waals surface area contributed by atoms with Gasteiger partial charge in [0, 0.05) is 5.02 Å². The van der Waals surface area contributed by atoms with Crippen LogP contribution in [0.25, 0.3) is 11.0 Å². The lowest BCUT2D eigenvalue weighted by Gasteiger charge is -2.13. The van der Waals surface area contributed by atoms with E-state index in [1.807, 2.05) is 0 Å². The van der Waals surface area contributed by atoms with Gasteiger partial charge < -0.3 is 15.3 Å². The Morgan fingerprint density at radius 3 is 2.45 bits per heavy atom. The molecule has 8 nitrogen and oxygen atoms in total. The fraction of sp³-hybridized carbons (Fsp3) is 0. The number of aromatic amines is 2.